The van der Waals surface area contributed by atoms with Gasteiger partial charge in [0.05, 0.1) is 30.8 Å². The third-order valence-corrected chi connectivity index (χ3v) is 7.10. The summed E-state index contributed by atoms with van der Waals surface area (Å²) >= 11 is 0. The van der Waals surface area contributed by atoms with Crippen molar-refractivity contribution in [3.63, 3.8) is 0 Å². The number of hydrogen-bond donors (Lipinski definition) is 4. The summed E-state index contributed by atoms with van der Waals surface area (Å²) in [4.78, 5) is 39.2. The molecule has 0 heterocycles. The fourth-order valence-corrected chi connectivity index (χ4v) is 4.57. The standard InChI is InChI=1S/C34H36N4O6/c1-22-8-4-7-11-29(22)36-34(42)37-30-17-12-24(18-31(30)43-3)19-32(39)38(20-26-9-5-6-10-28(26)35)23(2)21-44-27-15-13-25(14-16-27)33(40)41/h4-18,23H,19-21,35H2,1-3H3,(H,40,41)(H2,36,37,42)/t23-/m0/s1. The van der Waals surface area contributed by atoms with Crippen molar-refractivity contribution in [1.29, 1.82) is 0 Å². The number of rotatable bonds is 12. The van der Waals surface area contributed by atoms with Gasteiger partial charge in [-0.2, -0.15) is 0 Å². The molecule has 4 aromatic carbocycles. The highest BCUT2D eigenvalue weighted by atomic mass is 16.5. The molecule has 0 aliphatic carbocycles. The van der Waals surface area contributed by atoms with E-state index < -0.39 is 12.0 Å². The number of carbonyl (C=O) groups is 3. The SMILES string of the molecule is COc1cc(CC(=O)N(Cc2ccccc2N)[C@@H](C)COc2ccc(C(=O)O)cc2)ccc1NC(=O)Nc1ccccc1C. The Morgan fingerprint density at radius 3 is 2.27 bits per heavy atom. The summed E-state index contributed by atoms with van der Waals surface area (Å²) < 4.78 is 11.4. The molecule has 0 bridgehead atoms. The second-order valence-electron chi connectivity index (χ2n) is 10.3. The van der Waals surface area contributed by atoms with E-state index in [1.165, 1.54) is 19.2 Å². The summed E-state index contributed by atoms with van der Waals surface area (Å²) in [5, 5.41) is 14.8. The van der Waals surface area contributed by atoms with Crippen LogP contribution in [0.2, 0.25) is 0 Å². The van der Waals surface area contributed by atoms with Gasteiger partial charge in [0.2, 0.25) is 5.91 Å². The molecule has 0 aliphatic rings. The molecule has 1 atom stereocenters. The average Bonchev–Trinajstić information content (AvgIpc) is 3.01. The molecule has 0 saturated heterocycles. The highest BCUT2D eigenvalue weighted by Crippen LogP contribution is 2.27. The molecule has 0 unspecified atom stereocenters. The Kier molecular flexibility index (Phi) is 10.4. The van der Waals surface area contributed by atoms with Crippen LogP contribution >= 0.6 is 0 Å². The zero-order valence-corrected chi connectivity index (χ0v) is 24.9. The minimum Gasteiger partial charge on any atom is -0.495 e. The molecule has 10 nitrogen and oxygen atoms in total. The Labute approximate surface area is 256 Å². The first-order valence-electron chi connectivity index (χ1n) is 14.0. The number of methoxy groups -OCH3 is 1. The number of urea groups is 1. The molecular weight excluding hydrogens is 560 g/mol. The molecule has 3 amide bonds. The largest absolute Gasteiger partial charge is 0.495 e. The van der Waals surface area contributed by atoms with Crippen LogP contribution in [0.5, 0.6) is 11.5 Å². The van der Waals surface area contributed by atoms with Crippen LogP contribution in [-0.2, 0) is 17.8 Å². The van der Waals surface area contributed by atoms with Crippen LogP contribution in [0.4, 0.5) is 21.9 Å². The van der Waals surface area contributed by atoms with E-state index in [9.17, 15) is 14.4 Å². The van der Waals surface area contributed by atoms with Crippen molar-refractivity contribution in [2.45, 2.75) is 32.9 Å². The van der Waals surface area contributed by atoms with Crippen molar-refractivity contribution >= 4 is 35.0 Å². The van der Waals surface area contributed by atoms with Gasteiger partial charge in [-0.05, 0) is 79.1 Å². The van der Waals surface area contributed by atoms with Crippen molar-refractivity contribution in [2.24, 2.45) is 0 Å². The number of anilines is 3. The van der Waals surface area contributed by atoms with Crippen molar-refractivity contribution in [3.05, 3.63) is 113 Å². The van der Waals surface area contributed by atoms with E-state index in [0.29, 0.717) is 34.1 Å². The second kappa shape index (κ2) is 14.6. The van der Waals surface area contributed by atoms with Gasteiger partial charge in [0.15, 0.2) is 0 Å². The Morgan fingerprint density at radius 1 is 0.909 bits per heavy atom. The Morgan fingerprint density at radius 2 is 1.59 bits per heavy atom. The molecule has 228 valence electrons. The number of aryl methyl sites for hydroxylation is 1. The van der Waals surface area contributed by atoms with Gasteiger partial charge in [0, 0.05) is 17.9 Å². The molecule has 0 radical (unpaired) electrons. The van der Waals surface area contributed by atoms with Gasteiger partial charge in [0.25, 0.3) is 0 Å². The number of amides is 3. The highest BCUT2D eigenvalue weighted by molar-refractivity contribution is 6.01. The maximum absolute atomic E-state index is 13.7. The van der Waals surface area contributed by atoms with Gasteiger partial charge in [-0.3, -0.25) is 4.79 Å². The number of para-hydroxylation sites is 2. The Hall–Kier alpha value is -5.51. The number of benzene rings is 4. The van der Waals surface area contributed by atoms with Crippen molar-refractivity contribution in [3.8, 4) is 11.5 Å². The highest BCUT2D eigenvalue weighted by Gasteiger charge is 2.23. The lowest BCUT2D eigenvalue weighted by Gasteiger charge is -2.30. The van der Waals surface area contributed by atoms with Crippen LogP contribution in [0.15, 0.2) is 91.0 Å². The predicted octanol–water partition coefficient (Wildman–Crippen LogP) is 5.97. The summed E-state index contributed by atoms with van der Waals surface area (Å²) in [6, 6.07) is 25.3. The van der Waals surface area contributed by atoms with Crippen LogP contribution in [0.25, 0.3) is 0 Å². The van der Waals surface area contributed by atoms with E-state index in [-0.39, 0.29) is 37.1 Å². The number of hydrogen-bond acceptors (Lipinski definition) is 6. The number of nitrogens with two attached hydrogens (primary N) is 1. The number of nitrogens with zero attached hydrogens (tertiary/aromatic N) is 1. The molecule has 44 heavy (non-hydrogen) atoms. The van der Waals surface area contributed by atoms with Crippen LogP contribution in [0.3, 0.4) is 0 Å². The molecule has 10 heteroatoms. The van der Waals surface area contributed by atoms with Crippen LogP contribution in [0.1, 0.15) is 34.0 Å². The summed E-state index contributed by atoms with van der Waals surface area (Å²) in [7, 11) is 1.50. The average molecular weight is 597 g/mol. The molecule has 0 aromatic heterocycles. The number of aromatic carboxylic acids is 1. The first kappa shape index (κ1) is 31.4. The van der Waals surface area contributed by atoms with Gasteiger partial charge < -0.3 is 35.8 Å². The van der Waals surface area contributed by atoms with E-state index in [1.807, 2.05) is 56.3 Å². The lowest BCUT2D eigenvalue weighted by molar-refractivity contribution is -0.133. The molecule has 0 fully saturated rings. The number of carboxylic acid groups (broad SMARTS) is 1. The molecule has 0 spiro atoms. The molecule has 0 aliphatic heterocycles. The van der Waals surface area contributed by atoms with Gasteiger partial charge in [-0.15, -0.1) is 0 Å². The van der Waals surface area contributed by atoms with Crippen LogP contribution in [-0.4, -0.2) is 47.7 Å². The van der Waals surface area contributed by atoms with Crippen molar-refractivity contribution in [2.75, 3.05) is 30.1 Å². The fraction of sp³-hybridized carbons (Fsp3) is 0.206. The number of ether oxygens (including phenoxy) is 2. The summed E-state index contributed by atoms with van der Waals surface area (Å²) in [5.41, 5.74) is 10.5. The summed E-state index contributed by atoms with van der Waals surface area (Å²) in [6.45, 7) is 4.23. The van der Waals surface area contributed by atoms with Crippen LogP contribution in [0, 0.1) is 6.92 Å². The third kappa shape index (κ3) is 8.28. The quantitative estimate of drug-likeness (QED) is 0.148. The fourth-order valence-electron chi connectivity index (χ4n) is 4.57. The number of nitrogen functional groups attached to an aromatic ring is 1. The molecular formula is C34H36N4O6. The van der Waals surface area contributed by atoms with Gasteiger partial charge >= 0.3 is 12.0 Å². The Bertz CT molecular complexity index is 1620. The predicted molar refractivity (Wildman–Crippen MR) is 170 cm³/mol. The third-order valence-electron chi connectivity index (χ3n) is 7.10. The van der Waals surface area contributed by atoms with Gasteiger partial charge in [-0.1, -0.05) is 42.5 Å². The topological polar surface area (TPSA) is 143 Å². The monoisotopic (exact) mass is 596 g/mol. The minimum atomic E-state index is -1.02. The van der Waals surface area contributed by atoms with Gasteiger partial charge in [0.1, 0.15) is 18.1 Å². The normalized spacial score (nSPS) is 11.2. The first-order chi connectivity index (χ1) is 21.1. The molecule has 4 rings (SSSR count). The zero-order valence-electron chi connectivity index (χ0n) is 24.9. The number of carboxylic acids is 1. The number of carbonyl (C=O) groups excluding carboxylic acids is 2. The maximum Gasteiger partial charge on any atom is 0.335 e. The van der Waals surface area contributed by atoms with Crippen LogP contribution < -0.4 is 25.8 Å². The molecule has 4 aromatic rings. The summed E-state index contributed by atoms with van der Waals surface area (Å²) in [5.74, 6) is -0.276. The molecule has 5 N–H and O–H groups in total. The van der Waals surface area contributed by atoms with E-state index >= 15 is 0 Å². The lowest BCUT2D eigenvalue weighted by atomic mass is 10.1. The maximum atomic E-state index is 13.7. The summed E-state index contributed by atoms with van der Waals surface area (Å²) in [6.07, 6.45) is 0.0659. The van der Waals surface area contributed by atoms with Crippen molar-refractivity contribution < 1.29 is 29.0 Å². The van der Waals surface area contributed by atoms with E-state index in [2.05, 4.69) is 10.6 Å². The van der Waals surface area contributed by atoms with Crippen molar-refractivity contribution in [1.82, 2.24) is 4.90 Å². The number of nitrogens with one attached hydrogen (secondary N) is 2. The zero-order chi connectivity index (χ0) is 31.6. The minimum absolute atomic E-state index is 0.0659. The van der Waals surface area contributed by atoms with E-state index in [1.54, 1.807) is 41.3 Å². The van der Waals surface area contributed by atoms with E-state index in [0.717, 1.165) is 11.1 Å². The molecule has 0 saturated carbocycles. The Balaban J connectivity index is 1.47. The van der Waals surface area contributed by atoms with E-state index in [4.69, 9.17) is 20.3 Å². The lowest BCUT2D eigenvalue weighted by Crippen LogP contribution is -2.42. The smallest absolute Gasteiger partial charge is 0.335 e. The first-order valence-corrected chi connectivity index (χ1v) is 14.0. The van der Waals surface area contributed by atoms with Gasteiger partial charge in [-0.25, -0.2) is 9.59 Å². The second-order valence-corrected chi connectivity index (χ2v) is 10.3.